The quantitative estimate of drug-likeness (QED) is 0.652. The fraction of sp³-hybridized carbons (Fsp3) is 0.417. The molecule has 1 aromatic carbocycles. The highest BCUT2D eigenvalue weighted by Gasteiger charge is 2.43. The number of nitrogens with zero attached hydrogens (tertiary/aromatic N) is 1. The zero-order valence-electron chi connectivity index (χ0n) is 10.5. The van der Waals surface area contributed by atoms with Gasteiger partial charge in [-0.1, -0.05) is 6.42 Å². The number of anilines is 1. The molecule has 0 radical (unpaired) electrons. The van der Waals surface area contributed by atoms with Gasteiger partial charge in [0, 0.05) is 18.7 Å². The number of rotatable bonds is 4. The van der Waals surface area contributed by atoms with Crippen molar-refractivity contribution >= 4 is 17.3 Å². The van der Waals surface area contributed by atoms with Gasteiger partial charge < -0.3 is 11.1 Å². The second kappa shape index (κ2) is 5.12. The Morgan fingerprint density at radius 2 is 2.05 bits per heavy atom. The molecule has 0 saturated heterocycles. The van der Waals surface area contributed by atoms with Gasteiger partial charge in [-0.2, -0.15) is 4.39 Å². The van der Waals surface area contributed by atoms with Crippen LogP contribution < -0.4 is 11.1 Å². The van der Waals surface area contributed by atoms with E-state index in [4.69, 9.17) is 5.73 Å². The number of carbonyl (C=O) groups excluding carboxylic acids is 1. The maximum atomic E-state index is 13.6. The molecule has 1 amide bonds. The van der Waals surface area contributed by atoms with Crippen LogP contribution in [0.1, 0.15) is 19.3 Å². The van der Waals surface area contributed by atoms with Gasteiger partial charge in [-0.15, -0.1) is 0 Å². The molecule has 8 heteroatoms. The fourth-order valence-electron chi connectivity index (χ4n) is 2.16. The number of amides is 1. The maximum Gasteiger partial charge on any atom is 0.307 e. The first-order valence-electron chi connectivity index (χ1n) is 6.04. The molecule has 1 aliphatic carbocycles. The normalized spacial score (nSPS) is 16.4. The van der Waals surface area contributed by atoms with Crippen LogP contribution in [0.15, 0.2) is 12.1 Å². The van der Waals surface area contributed by atoms with Crippen molar-refractivity contribution in [3.8, 4) is 0 Å². The fourth-order valence-corrected chi connectivity index (χ4v) is 2.16. The van der Waals surface area contributed by atoms with Gasteiger partial charge in [-0.25, -0.2) is 4.39 Å². The maximum absolute atomic E-state index is 13.6. The molecule has 108 valence electrons. The lowest BCUT2D eigenvalue weighted by molar-refractivity contribution is -0.387. The molecule has 1 fully saturated rings. The molecule has 1 aromatic rings. The van der Waals surface area contributed by atoms with Gasteiger partial charge >= 0.3 is 5.69 Å². The molecule has 20 heavy (non-hydrogen) atoms. The second-order valence-electron chi connectivity index (χ2n) is 4.83. The van der Waals surface area contributed by atoms with Crippen molar-refractivity contribution in [2.45, 2.75) is 19.3 Å². The van der Waals surface area contributed by atoms with E-state index in [1.807, 2.05) is 0 Å². The largest absolute Gasteiger partial charge is 0.329 e. The van der Waals surface area contributed by atoms with Crippen molar-refractivity contribution in [2.24, 2.45) is 11.1 Å². The predicted octanol–water partition coefficient (Wildman–Crippen LogP) is 1.94. The zero-order valence-corrected chi connectivity index (χ0v) is 10.5. The highest BCUT2D eigenvalue weighted by molar-refractivity contribution is 5.96. The Balaban J connectivity index is 2.27. The van der Waals surface area contributed by atoms with E-state index < -0.39 is 39.3 Å². The Hall–Kier alpha value is -2.09. The van der Waals surface area contributed by atoms with Crippen molar-refractivity contribution in [3.05, 3.63) is 33.9 Å². The molecule has 0 atom stereocenters. The standard InChI is InChI=1S/C12H13F2N3O3/c13-7-4-8(14)10(17(19)20)5-9(7)16-11(18)12(6-15)2-1-3-12/h4-5H,1-3,6,15H2,(H,16,18). The van der Waals surface area contributed by atoms with Crippen LogP contribution in [0.4, 0.5) is 20.2 Å². The van der Waals surface area contributed by atoms with Crippen LogP contribution in [0.2, 0.25) is 0 Å². The number of nitrogens with one attached hydrogen (secondary N) is 1. The topological polar surface area (TPSA) is 98.3 Å². The summed E-state index contributed by atoms with van der Waals surface area (Å²) in [5.41, 5.74) is 3.48. The number of nitrogens with two attached hydrogens (primary N) is 1. The highest BCUT2D eigenvalue weighted by atomic mass is 19.1. The SMILES string of the molecule is NCC1(C(=O)Nc2cc([N+](=O)[O-])c(F)cc2F)CCC1. The summed E-state index contributed by atoms with van der Waals surface area (Å²) < 4.78 is 26.7. The van der Waals surface area contributed by atoms with E-state index in [-0.39, 0.29) is 6.54 Å². The highest BCUT2D eigenvalue weighted by Crippen LogP contribution is 2.41. The summed E-state index contributed by atoms with van der Waals surface area (Å²) in [6, 6.07) is 1.05. The lowest BCUT2D eigenvalue weighted by Crippen LogP contribution is -2.47. The Bertz CT molecular complexity index is 568. The first-order chi connectivity index (χ1) is 9.39. The van der Waals surface area contributed by atoms with Crippen LogP contribution in [0.5, 0.6) is 0 Å². The van der Waals surface area contributed by atoms with E-state index in [0.717, 1.165) is 6.42 Å². The first kappa shape index (κ1) is 14.3. The van der Waals surface area contributed by atoms with Crippen molar-refractivity contribution in [1.82, 2.24) is 0 Å². The lowest BCUT2D eigenvalue weighted by Gasteiger charge is -2.39. The summed E-state index contributed by atoms with van der Waals surface area (Å²) in [6.45, 7) is 0.115. The number of hydrogen-bond donors (Lipinski definition) is 2. The molecule has 1 aliphatic rings. The third-order valence-corrected chi connectivity index (χ3v) is 3.66. The summed E-state index contributed by atoms with van der Waals surface area (Å²) in [7, 11) is 0. The van der Waals surface area contributed by atoms with Crippen molar-refractivity contribution in [1.29, 1.82) is 0 Å². The molecule has 0 spiro atoms. The minimum atomic E-state index is -1.29. The molecule has 6 nitrogen and oxygen atoms in total. The Kier molecular flexibility index (Phi) is 3.67. The van der Waals surface area contributed by atoms with Crippen molar-refractivity contribution in [2.75, 3.05) is 11.9 Å². The molecule has 0 aromatic heterocycles. The molecule has 0 unspecified atom stereocenters. The van der Waals surface area contributed by atoms with Gasteiger partial charge in [0.15, 0.2) is 0 Å². The van der Waals surface area contributed by atoms with Crippen LogP contribution >= 0.6 is 0 Å². The number of halogens is 2. The van der Waals surface area contributed by atoms with E-state index >= 15 is 0 Å². The Labute approximate surface area is 113 Å². The molecule has 1 saturated carbocycles. The molecule has 0 aliphatic heterocycles. The average molecular weight is 285 g/mol. The molecule has 2 rings (SSSR count). The van der Waals surface area contributed by atoms with Crippen molar-refractivity contribution in [3.63, 3.8) is 0 Å². The van der Waals surface area contributed by atoms with E-state index in [1.54, 1.807) is 0 Å². The predicted molar refractivity (Wildman–Crippen MR) is 67.0 cm³/mol. The van der Waals surface area contributed by atoms with Crippen LogP contribution in [0.25, 0.3) is 0 Å². The Morgan fingerprint density at radius 3 is 2.50 bits per heavy atom. The summed E-state index contributed by atoms with van der Waals surface area (Å²) in [4.78, 5) is 21.7. The number of nitro benzene ring substituents is 1. The van der Waals surface area contributed by atoms with Gasteiger partial charge in [0.1, 0.15) is 5.82 Å². The van der Waals surface area contributed by atoms with Gasteiger partial charge in [0.25, 0.3) is 0 Å². The summed E-state index contributed by atoms with van der Waals surface area (Å²) in [5.74, 6) is -2.85. The monoisotopic (exact) mass is 285 g/mol. The number of carbonyl (C=O) groups is 1. The molecular weight excluding hydrogens is 272 g/mol. The van der Waals surface area contributed by atoms with Gasteiger partial charge in [0.2, 0.25) is 11.7 Å². The lowest BCUT2D eigenvalue weighted by atomic mass is 9.68. The van der Waals surface area contributed by atoms with Gasteiger partial charge in [-0.3, -0.25) is 14.9 Å². The summed E-state index contributed by atoms with van der Waals surface area (Å²) >= 11 is 0. The van der Waals surface area contributed by atoms with Crippen LogP contribution in [0.3, 0.4) is 0 Å². The van der Waals surface area contributed by atoms with E-state index in [1.165, 1.54) is 0 Å². The molecule has 0 heterocycles. The third kappa shape index (κ3) is 2.34. The second-order valence-corrected chi connectivity index (χ2v) is 4.83. The summed E-state index contributed by atoms with van der Waals surface area (Å²) in [6.07, 6.45) is 2.01. The number of nitro groups is 1. The van der Waals surface area contributed by atoms with E-state index in [2.05, 4.69) is 5.32 Å². The van der Waals surface area contributed by atoms with Gasteiger partial charge in [0.05, 0.1) is 16.0 Å². The molecule has 3 N–H and O–H groups in total. The minimum absolute atomic E-state index is 0.115. The van der Waals surface area contributed by atoms with Gasteiger partial charge in [-0.05, 0) is 12.8 Å². The summed E-state index contributed by atoms with van der Waals surface area (Å²) in [5, 5.41) is 12.9. The smallest absolute Gasteiger partial charge is 0.307 e. The third-order valence-electron chi connectivity index (χ3n) is 3.66. The zero-order chi connectivity index (χ0) is 14.9. The van der Waals surface area contributed by atoms with E-state index in [9.17, 15) is 23.7 Å². The van der Waals surface area contributed by atoms with Crippen LogP contribution in [-0.2, 0) is 4.79 Å². The number of hydrogen-bond acceptors (Lipinski definition) is 4. The average Bonchev–Trinajstić information content (AvgIpc) is 2.31. The molecule has 0 bridgehead atoms. The number of benzene rings is 1. The minimum Gasteiger partial charge on any atom is -0.329 e. The molecular formula is C12H13F2N3O3. The first-order valence-corrected chi connectivity index (χ1v) is 6.04. The Morgan fingerprint density at radius 1 is 1.40 bits per heavy atom. The van der Waals surface area contributed by atoms with E-state index in [0.29, 0.717) is 25.0 Å². The van der Waals surface area contributed by atoms with Crippen LogP contribution in [0, 0.1) is 27.2 Å². The van der Waals surface area contributed by atoms with Crippen molar-refractivity contribution < 1.29 is 18.5 Å². The van der Waals surface area contributed by atoms with Crippen LogP contribution in [-0.4, -0.2) is 17.4 Å².